The molecule has 8 heteroatoms. The number of nitrogens with one attached hydrogen (secondary N) is 1. The van der Waals surface area contributed by atoms with Gasteiger partial charge in [0.2, 0.25) is 0 Å². The second kappa shape index (κ2) is 6.47. The molecule has 1 amide bonds. The Kier molecular flexibility index (Phi) is 4.54. The first kappa shape index (κ1) is 16.8. The van der Waals surface area contributed by atoms with Crippen molar-refractivity contribution in [2.75, 3.05) is 18.2 Å². The summed E-state index contributed by atoms with van der Waals surface area (Å²) in [6.45, 7) is 1.91. The number of hydrogen-bond acceptors (Lipinski definition) is 5. The normalized spacial score (nSPS) is 10.8. The summed E-state index contributed by atoms with van der Waals surface area (Å²) in [6, 6.07) is 6.70. The third-order valence-corrected chi connectivity index (χ3v) is 4.82. The number of aromatic nitrogens is 1. The van der Waals surface area contributed by atoms with Crippen molar-refractivity contribution in [1.29, 1.82) is 0 Å². The molecule has 0 atom stereocenters. The van der Waals surface area contributed by atoms with E-state index < -0.39 is 0 Å². The lowest BCUT2D eigenvalue weighted by Crippen LogP contribution is -2.12. The van der Waals surface area contributed by atoms with Gasteiger partial charge in [0.05, 0.1) is 27.4 Å². The van der Waals surface area contributed by atoms with Crippen molar-refractivity contribution < 1.29 is 9.53 Å². The highest BCUT2D eigenvalue weighted by atomic mass is 35.5. The first-order valence-electron chi connectivity index (χ1n) is 6.90. The third kappa shape index (κ3) is 3.13. The van der Waals surface area contributed by atoms with E-state index >= 15 is 0 Å². The molecule has 0 aliphatic rings. The number of halogens is 2. The molecule has 0 fully saturated rings. The van der Waals surface area contributed by atoms with Gasteiger partial charge in [0.25, 0.3) is 5.91 Å². The number of aryl methyl sites for hydroxylation is 1. The molecule has 0 saturated heterocycles. The Bertz CT molecular complexity index is 933. The molecule has 124 valence electrons. The lowest BCUT2D eigenvalue weighted by molar-refractivity contribution is 0.102. The molecule has 5 nitrogen and oxygen atoms in total. The minimum Gasteiger partial charge on any atom is -0.494 e. The zero-order chi connectivity index (χ0) is 17.4. The van der Waals surface area contributed by atoms with Crippen LogP contribution >= 0.6 is 34.5 Å². The standard InChI is InChI=1S/C16H13Cl2N3O2S/c1-7-3-9(6-12-13(7)21-16(19)24-12)20-15(22)8-4-10(17)14(23-2)11(18)5-8/h3-6H,1-2H3,(H2,19,21)(H,20,22). The van der Waals surface area contributed by atoms with Crippen LogP contribution in [0.5, 0.6) is 5.75 Å². The van der Waals surface area contributed by atoms with Crippen LogP contribution in [0.4, 0.5) is 10.8 Å². The second-order valence-electron chi connectivity index (χ2n) is 5.12. The number of nitrogens with zero attached hydrogens (tertiary/aromatic N) is 1. The number of rotatable bonds is 3. The molecule has 0 aliphatic heterocycles. The second-order valence-corrected chi connectivity index (χ2v) is 7.00. The van der Waals surface area contributed by atoms with Crippen LogP contribution in [0.3, 0.4) is 0 Å². The predicted octanol–water partition coefficient (Wildman–Crippen LogP) is 4.75. The average molecular weight is 382 g/mol. The molecule has 1 aromatic heterocycles. The number of nitrogen functional groups attached to an aromatic ring is 1. The van der Waals surface area contributed by atoms with Crippen LogP contribution in [0.2, 0.25) is 10.0 Å². The SMILES string of the molecule is COc1c(Cl)cc(C(=O)Nc2cc(C)c3nc(N)sc3c2)cc1Cl. The van der Waals surface area contributed by atoms with E-state index in [2.05, 4.69) is 10.3 Å². The Morgan fingerprint density at radius 2 is 1.92 bits per heavy atom. The molecule has 0 unspecified atom stereocenters. The summed E-state index contributed by atoms with van der Waals surface area (Å²) in [5, 5.41) is 3.87. The fraction of sp³-hybridized carbons (Fsp3) is 0.125. The summed E-state index contributed by atoms with van der Waals surface area (Å²) in [5.41, 5.74) is 8.50. The topological polar surface area (TPSA) is 77.2 Å². The van der Waals surface area contributed by atoms with Crippen molar-refractivity contribution in [1.82, 2.24) is 4.98 Å². The number of carbonyl (C=O) groups is 1. The number of methoxy groups -OCH3 is 1. The lowest BCUT2D eigenvalue weighted by Gasteiger charge is -2.10. The molecule has 3 rings (SSSR count). The number of amides is 1. The molecular weight excluding hydrogens is 369 g/mol. The maximum Gasteiger partial charge on any atom is 0.255 e. The zero-order valence-corrected chi connectivity index (χ0v) is 15.1. The number of anilines is 2. The van der Waals surface area contributed by atoms with Crippen LogP contribution in [0.1, 0.15) is 15.9 Å². The van der Waals surface area contributed by atoms with Crippen molar-refractivity contribution >= 4 is 61.5 Å². The van der Waals surface area contributed by atoms with Gasteiger partial charge < -0.3 is 15.8 Å². The van der Waals surface area contributed by atoms with Gasteiger partial charge in [-0.25, -0.2) is 4.98 Å². The van der Waals surface area contributed by atoms with E-state index in [4.69, 9.17) is 33.7 Å². The van der Waals surface area contributed by atoms with E-state index in [9.17, 15) is 4.79 Å². The van der Waals surface area contributed by atoms with E-state index in [0.29, 0.717) is 22.1 Å². The number of thiazole rings is 1. The van der Waals surface area contributed by atoms with Crippen molar-refractivity contribution in [2.45, 2.75) is 6.92 Å². The highest BCUT2D eigenvalue weighted by Crippen LogP contribution is 2.34. The van der Waals surface area contributed by atoms with E-state index in [1.807, 2.05) is 19.1 Å². The van der Waals surface area contributed by atoms with Crippen LogP contribution in [-0.4, -0.2) is 18.0 Å². The first-order valence-corrected chi connectivity index (χ1v) is 8.47. The van der Waals surface area contributed by atoms with E-state index in [-0.39, 0.29) is 16.0 Å². The molecule has 3 aromatic rings. The van der Waals surface area contributed by atoms with Gasteiger partial charge in [-0.05, 0) is 36.8 Å². The van der Waals surface area contributed by atoms with Gasteiger partial charge in [0.15, 0.2) is 10.9 Å². The Morgan fingerprint density at radius 1 is 1.25 bits per heavy atom. The Morgan fingerprint density at radius 3 is 2.54 bits per heavy atom. The monoisotopic (exact) mass is 381 g/mol. The van der Waals surface area contributed by atoms with Gasteiger partial charge in [-0.3, -0.25) is 4.79 Å². The number of benzene rings is 2. The Hall–Kier alpha value is -2.02. The van der Waals surface area contributed by atoms with Crippen LogP contribution in [0.15, 0.2) is 24.3 Å². The number of carbonyl (C=O) groups excluding carboxylic acids is 1. The molecule has 1 heterocycles. The smallest absolute Gasteiger partial charge is 0.255 e. The molecule has 0 saturated carbocycles. The molecule has 24 heavy (non-hydrogen) atoms. The molecule has 0 aliphatic carbocycles. The number of nitrogens with two attached hydrogens (primary N) is 1. The zero-order valence-electron chi connectivity index (χ0n) is 12.8. The van der Waals surface area contributed by atoms with Crippen LogP contribution in [-0.2, 0) is 0 Å². The van der Waals surface area contributed by atoms with Crippen LogP contribution in [0, 0.1) is 6.92 Å². The molecule has 3 N–H and O–H groups in total. The molecule has 2 aromatic carbocycles. The van der Waals surface area contributed by atoms with Crippen molar-refractivity contribution in [3.8, 4) is 5.75 Å². The Balaban J connectivity index is 1.92. The van der Waals surface area contributed by atoms with Crippen LogP contribution in [0.25, 0.3) is 10.2 Å². The molecule has 0 spiro atoms. The lowest BCUT2D eigenvalue weighted by atomic mass is 10.1. The van der Waals surface area contributed by atoms with Gasteiger partial charge in [0, 0.05) is 11.3 Å². The minimum absolute atomic E-state index is 0.275. The van der Waals surface area contributed by atoms with Crippen molar-refractivity contribution in [3.63, 3.8) is 0 Å². The average Bonchev–Trinajstić information content (AvgIpc) is 2.88. The molecular formula is C16H13Cl2N3O2S. The summed E-state index contributed by atoms with van der Waals surface area (Å²) in [7, 11) is 1.46. The molecule has 0 bridgehead atoms. The Labute approximate surface area is 152 Å². The first-order chi connectivity index (χ1) is 11.4. The van der Waals surface area contributed by atoms with E-state index in [0.717, 1.165) is 15.8 Å². The fourth-order valence-corrected chi connectivity index (χ4v) is 3.87. The van der Waals surface area contributed by atoms with Gasteiger partial charge >= 0.3 is 0 Å². The summed E-state index contributed by atoms with van der Waals surface area (Å²) < 4.78 is 5.99. The number of ether oxygens (including phenoxy) is 1. The quantitative estimate of drug-likeness (QED) is 0.685. The summed E-state index contributed by atoms with van der Waals surface area (Å²) in [6.07, 6.45) is 0. The minimum atomic E-state index is -0.322. The van der Waals surface area contributed by atoms with Crippen LogP contribution < -0.4 is 15.8 Å². The molecule has 0 radical (unpaired) electrons. The third-order valence-electron chi connectivity index (χ3n) is 3.42. The fourth-order valence-electron chi connectivity index (χ4n) is 2.38. The predicted molar refractivity (Wildman–Crippen MR) is 99.7 cm³/mol. The van der Waals surface area contributed by atoms with Gasteiger partial charge in [0.1, 0.15) is 0 Å². The number of fused-ring (bicyclic) bond motifs is 1. The highest BCUT2D eigenvalue weighted by molar-refractivity contribution is 7.22. The number of hydrogen-bond donors (Lipinski definition) is 2. The van der Waals surface area contributed by atoms with E-state index in [1.165, 1.54) is 30.6 Å². The summed E-state index contributed by atoms with van der Waals surface area (Å²) in [4.78, 5) is 16.7. The highest BCUT2D eigenvalue weighted by Gasteiger charge is 2.15. The van der Waals surface area contributed by atoms with Gasteiger partial charge in [-0.2, -0.15) is 0 Å². The summed E-state index contributed by atoms with van der Waals surface area (Å²) >= 11 is 13.5. The maximum atomic E-state index is 12.5. The summed E-state index contributed by atoms with van der Waals surface area (Å²) in [5.74, 6) is 0.0185. The maximum absolute atomic E-state index is 12.5. The largest absolute Gasteiger partial charge is 0.494 e. The van der Waals surface area contributed by atoms with Gasteiger partial charge in [-0.1, -0.05) is 34.5 Å². The van der Waals surface area contributed by atoms with Gasteiger partial charge in [-0.15, -0.1) is 0 Å². The van der Waals surface area contributed by atoms with Crippen molar-refractivity contribution in [2.24, 2.45) is 0 Å². The van der Waals surface area contributed by atoms with Crippen molar-refractivity contribution in [3.05, 3.63) is 45.4 Å². The van der Waals surface area contributed by atoms with E-state index in [1.54, 1.807) is 0 Å².